The third kappa shape index (κ3) is 3.97. The smallest absolute Gasteiger partial charge is 0.275 e. The van der Waals surface area contributed by atoms with Crippen molar-refractivity contribution in [3.63, 3.8) is 0 Å². The minimum Gasteiger partial charge on any atom is -0.376 e. The van der Waals surface area contributed by atoms with Gasteiger partial charge in [0.15, 0.2) is 0 Å². The molecule has 1 N–H and O–H groups in total. The van der Waals surface area contributed by atoms with Gasteiger partial charge in [0.25, 0.3) is 5.91 Å². The SMILES string of the molecule is O=C(CN1C(=O)C(c2ccccc2)=NC12CCCCCC2)NC[C@H]1CCCO1. The fourth-order valence-corrected chi connectivity index (χ4v) is 4.55. The van der Waals surface area contributed by atoms with Gasteiger partial charge < -0.3 is 15.0 Å². The predicted molar refractivity (Wildman–Crippen MR) is 107 cm³/mol. The van der Waals surface area contributed by atoms with Gasteiger partial charge in [0.05, 0.1) is 6.10 Å². The van der Waals surface area contributed by atoms with E-state index in [1.165, 1.54) is 0 Å². The van der Waals surface area contributed by atoms with Crippen molar-refractivity contribution in [2.24, 2.45) is 4.99 Å². The number of rotatable bonds is 5. The van der Waals surface area contributed by atoms with Gasteiger partial charge in [-0.05, 0) is 38.5 Å². The van der Waals surface area contributed by atoms with E-state index in [4.69, 9.17) is 9.73 Å². The minimum atomic E-state index is -0.569. The van der Waals surface area contributed by atoms with Crippen LogP contribution in [0.4, 0.5) is 0 Å². The first-order valence-corrected chi connectivity index (χ1v) is 10.5. The molecule has 6 heteroatoms. The molecule has 0 unspecified atom stereocenters. The second kappa shape index (κ2) is 8.43. The van der Waals surface area contributed by atoms with Crippen molar-refractivity contribution in [3.8, 4) is 0 Å². The van der Waals surface area contributed by atoms with E-state index in [0.29, 0.717) is 12.3 Å². The third-order valence-corrected chi connectivity index (χ3v) is 6.07. The first-order valence-electron chi connectivity index (χ1n) is 10.5. The Kier molecular flexibility index (Phi) is 5.76. The monoisotopic (exact) mass is 383 g/mol. The molecule has 0 radical (unpaired) electrons. The molecule has 0 aromatic heterocycles. The summed E-state index contributed by atoms with van der Waals surface area (Å²) < 4.78 is 5.58. The van der Waals surface area contributed by atoms with Crippen LogP contribution in [0.2, 0.25) is 0 Å². The van der Waals surface area contributed by atoms with E-state index in [0.717, 1.165) is 63.5 Å². The molecule has 1 aliphatic carbocycles. The number of amides is 2. The van der Waals surface area contributed by atoms with Crippen molar-refractivity contribution in [1.29, 1.82) is 0 Å². The molecule has 28 heavy (non-hydrogen) atoms. The lowest BCUT2D eigenvalue weighted by molar-refractivity contribution is -0.135. The molecule has 1 spiro atoms. The maximum absolute atomic E-state index is 13.3. The van der Waals surface area contributed by atoms with Crippen LogP contribution in [0.5, 0.6) is 0 Å². The molecule has 2 aliphatic heterocycles. The maximum atomic E-state index is 13.3. The molecule has 150 valence electrons. The molecule has 2 amide bonds. The molecule has 1 saturated heterocycles. The summed E-state index contributed by atoms with van der Waals surface area (Å²) in [7, 11) is 0. The predicted octanol–water partition coefficient (Wildman–Crippen LogP) is 2.66. The van der Waals surface area contributed by atoms with E-state index < -0.39 is 5.66 Å². The largest absolute Gasteiger partial charge is 0.376 e. The number of aliphatic imine (C=N–C) groups is 1. The van der Waals surface area contributed by atoms with Crippen molar-refractivity contribution in [2.45, 2.75) is 63.1 Å². The summed E-state index contributed by atoms with van der Waals surface area (Å²) in [4.78, 5) is 32.6. The highest BCUT2D eigenvalue weighted by Crippen LogP contribution is 2.38. The molecule has 2 heterocycles. The zero-order valence-corrected chi connectivity index (χ0v) is 16.4. The Bertz CT molecular complexity index is 733. The number of nitrogens with one attached hydrogen (secondary N) is 1. The Morgan fingerprint density at radius 2 is 1.89 bits per heavy atom. The van der Waals surface area contributed by atoms with Crippen molar-refractivity contribution in [2.75, 3.05) is 19.7 Å². The fraction of sp³-hybridized carbons (Fsp3) is 0.591. The van der Waals surface area contributed by atoms with Crippen LogP contribution in [0.3, 0.4) is 0 Å². The Morgan fingerprint density at radius 1 is 1.14 bits per heavy atom. The van der Waals surface area contributed by atoms with Crippen LogP contribution in [0.1, 0.15) is 56.9 Å². The second-order valence-electron chi connectivity index (χ2n) is 8.05. The minimum absolute atomic E-state index is 0.0609. The molecule has 0 bridgehead atoms. The van der Waals surface area contributed by atoms with Crippen LogP contribution >= 0.6 is 0 Å². The van der Waals surface area contributed by atoms with Crippen molar-refractivity contribution >= 4 is 17.5 Å². The lowest BCUT2D eigenvalue weighted by Crippen LogP contribution is -2.51. The highest BCUT2D eigenvalue weighted by molar-refractivity contribution is 6.47. The quantitative estimate of drug-likeness (QED) is 0.850. The molecule has 1 aromatic carbocycles. The first kappa shape index (κ1) is 19.1. The zero-order valence-electron chi connectivity index (χ0n) is 16.4. The van der Waals surface area contributed by atoms with Crippen LogP contribution in [0.15, 0.2) is 35.3 Å². The number of hydrogen-bond acceptors (Lipinski definition) is 4. The van der Waals surface area contributed by atoms with Crippen LogP contribution in [0.25, 0.3) is 0 Å². The zero-order chi connectivity index (χ0) is 19.4. The average Bonchev–Trinajstić information content (AvgIpc) is 3.24. The van der Waals surface area contributed by atoms with E-state index in [-0.39, 0.29) is 24.5 Å². The standard InChI is InChI=1S/C22H29N3O3/c26-19(23-15-18-11-8-14-28-18)16-25-21(27)20(17-9-4-3-5-10-17)24-22(25)12-6-1-2-7-13-22/h3-5,9-10,18H,1-2,6-8,11-16H2,(H,23,26)/t18-/m1/s1. The highest BCUT2D eigenvalue weighted by Gasteiger charge is 2.47. The summed E-state index contributed by atoms with van der Waals surface area (Å²) in [6.45, 7) is 1.34. The average molecular weight is 383 g/mol. The summed E-state index contributed by atoms with van der Waals surface area (Å²) >= 11 is 0. The van der Waals surface area contributed by atoms with Crippen molar-refractivity contribution in [3.05, 3.63) is 35.9 Å². The summed E-state index contributed by atoms with van der Waals surface area (Å²) in [6.07, 6.45) is 8.16. The number of carbonyl (C=O) groups excluding carboxylic acids is 2. The number of benzene rings is 1. The topological polar surface area (TPSA) is 71.0 Å². The number of nitrogens with zero attached hydrogens (tertiary/aromatic N) is 2. The maximum Gasteiger partial charge on any atom is 0.275 e. The van der Waals surface area contributed by atoms with Gasteiger partial charge in [0.2, 0.25) is 5.91 Å². The molecule has 4 rings (SSSR count). The van der Waals surface area contributed by atoms with Crippen molar-refractivity contribution in [1.82, 2.24) is 10.2 Å². The van der Waals surface area contributed by atoms with Gasteiger partial charge in [0, 0.05) is 18.7 Å². The molecule has 1 saturated carbocycles. The molecular formula is C22H29N3O3. The van der Waals surface area contributed by atoms with E-state index >= 15 is 0 Å². The Hall–Kier alpha value is -2.21. The lowest BCUT2D eigenvalue weighted by Gasteiger charge is -2.35. The molecule has 6 nitrogen and oxygen atoms in total. The van der Waals surface area contributed by atoms with Gasteiger partial charge in [-0.2, -0.15) is 0 Å². The van der Waals surface area contributed by atoms with E-state index in [1.807, 2.05) is 30.3 Å². The van der Waals surface area contributed by atoms with Crippen LogP contribution in [-0.4, -0.2) is 53.9 Å². The van der Waals surface area contributed by atoms with Gasteiger partial charge in [-0.25, -0.2) is 0 Å². The summed E-state index contributed by atoms with van der Waals surface area (Å²) in [5.41, 5.74) is 0.757. The van der Waals surface area contributed by atoms with E-state index in [9.17, 15) is 9.59 Å². The number of carbonyl (C=O) groups is 2. The molecule has 1 aromatic rings. The highest BCUT2D eigenvalue weighted by atomic mass is 16.5. The third-order valence-electron chi connectivity index (χ3n) is 6.07. The van der Waals surface area contributed by atoms with Gasteiger partial charge in [-0.3, -0.25) is 14.6 Å². The Morgan fingerprint density at radius 3 is 2.57 bits per heavy atom. The van der Waals surface area contributed by atoms with Crippen LogP contribution in [-0.2, 0) is 14.3 Å². The lowest BCUT2D eigenvalue weighted by atomic mass is 10.00. The number of hydrogen-bond donors (Lipinski definition) is 1. The molecule has 2 fully saturated rings. The van der Waals surface area contributed by atoms with Gasteiger partial charge in [0.1, 0.15) is 17.9 Å². The summed E-state index contributed by atoms with van der Waals surface area (Å²) in [6, 6.07) is 9.61. The Balaban J connectivity index is 1.52. The normalized spacial score (nSPS) is 24.3. The molecular weight excluding hydrogens is 354 g/mol. The summed E-state index contributed by atoms with van der Waals surface area (Å²) in [5.74, 6) is -0.252. The molecule has 1 atom stereocenters. The summed E-state index contributed by atoms with van der Waals surface area (Å²) in [5, 5.41) is 2.96. The molecule has 3 aliphatic rings. The van der Waals surface area contributed by atoms with Gasteiger partial charge in [-0.1, -0.05) is 43.2 Å². The van der Waals surface area contributed by atoms with E-state index in [1.54, 1.807) is 4.90 Å². The van der Waals surface area contributed by atoms with Gasteiger partial charge >= 0.3 is 0 Å². The van der Waals surface area contributed by atoms with Crippen LogP contribution in [0, 0.1) is 0 Å². The second-order valence-corrected chi connectivity index (χ2v) is 8.05. The first-order chi connectivity index (χ1) is 13.7. The van der Waals surface area contributed by atoms with E-state index in [2.05, 4.69) is 5.32 Å². The fourth-order valence-electron chi connectivity index (χ4n) is 4.55. The number of ether oxygens (including phenoxy) is 1. The van der Waals surface area contributed by atoms with Gasteiger partial charge in [-0.15, -0.1) is 0 Å². The van der Waals surface area contributed by atoms with Crippen LogP contribution < -0.4 is 5.32 Å². The Labute approximate surface area is 166 Å². The van der Waals surface area contributed by atoms with Crippen molar-refractivity contribution < 1.29 is 14.3 Å².